The van der Waals surface area contributed by atoms with Crippen molar-refractivity contribution in [3.8, 4) is 17.1 Å². The normalized spacial score (nSPS) is 14.5. The van der Waals surface area contributed by atoms with Crippen molar-refractivity contribution in [3.63, 3.8) is 0 Å². The lowest BCUT2D eigenvalue weighted by molar-refractivity contribution is -0.132. The van der Waals surface area contributed by atoms with Crippen LogP contribution in [0.2, 0.25) is 0 Å². The van der Waals surface area contributed by atoms with Crippen LogP contribution in [-0.2, 0) is 11.3 Å². The number of rotatable bonds is 6. The standard InChI is InChI=1S/C18H24N4O2S/c1-2-24-15-8-6-14(7-9-15)17-19-20-18(25)22(17)13-10-16(23)21-11-4-3-5-12-21/h6-9H,2-5,10-13H2,1H3,(H,20,25). The van der Waals surface area contributed by atoms with E-state index in [1.54, 1.807) is 0 Å². The largest absolute Gasteiger partial charge is 0.494 e. The maximum atomic E-state index is 12.4. The third kappa shape index (κ3) is 4.28. The van der Waals surface area contributed by atoms with Crippen LogP contribution in [0.15, 0.2) is 24.3 Å². The fourth-order valence-electron chi connectivity index (χ4n) is 3.12. The molecule has 134 valence electrons. The first-order valence-corrected chi connectivity index (χ1v) is 9.26. The van der Waals surface area contributed by atoms with Crippen molar-refractivity contribution in [2.45, 2.75) is 39.2 Å². The minimum Gasteiger partial charge on any atom is -0.494 e. The summed E-state index contributed by atoms with van der Waals surface area (Å²) < 4.78 is 7.91. The number of likely N-dealkylation sites (tertiary alicyclic amines) is 1. The van der Waals surface area contributed by atoms with E-state index in [1.807, 2.05) is 40.7 Å². The zero-order valence-corrected chi connectivity index (χ0v) is 15.3. The highest BCUT2D eigenvalue weighted by molar-refractivity contribution is 7.71. The minimum absolute atomic E-state index is 0.195. The van der Waals surface area contributed by atoms with Gasteiger partial charge < -0.3 is 9.64 Å². The summed E-state index contributed by atoms with van der Waals surface area (Å²) in [6.45, 7) is 4.88. The average Bonchev–Trinajstić information content (AvgIpc) is 3.02. The average molecular weight is 360 g/mol. The number of amides is 1. The number of aromatic amines is 1. The van der Waals surface area contributed by atoms with Gasteiger partial charge in [-0.1, -0.05) is 0 Å². The molecule has 0 radical (unpaired) electrons. The summed E-state index contributed by atoms with van der Waals surface area (Å²) in [7, 11) is 0. The molecule has 1 aromatic carbocycles. The van der Waals surface area contributed by atoms with E-state index in [0.29, 0.717) is 24.3 Å². The van der Waals surface area contributed by atoms with E-state index in [2.05, 4.69) is 10.2 Å². The molecular weight excluding hydrogens is 336 g/mol. The van der Waals surface area contributed by atoms with Crippen molar-refractivity contribution < 1.29 is 9.53 Å². The van der Waals surface area contributed by atoms with Gasteiger partial charge in [0.2, 0.25) is 5.91 Å². The Morgan fingerprint density at radius 1 is 1.24 bits per heavy atom. The molecule has 1 saturated heterocycles. The van der Waals surface area contributed by atoms with E-state index in [0.717, 1.165) is 43.1 Å². The summed E-state index contributed by atoms with van der Waals surface area (Å²) in [5.41, 5.74) is 0.946. The van der Waals surface area contributed by atoms with E-state index in [4.69, 9.17) is 17.0 Å². The van der Waals surface area contributed by atoms with Crippen LogP contribution in [0, 0.1) is 4.77 Å². The van der Waals surface area contributed by atoms with E-state index in [-0.39, 0.29) is 5.91 Å². The number of hydrogen-bond donors (Lipinski definition) is 1. The molecule has 0 aliphatic carbocycles. The topological polar surface area (TPSA) is 63.1 Å². The first-order valence-electron chi connectivity index (χ1n) is 8.85. The second kappa shape index (κ2) is 8.29. The Hall–Kier alpha value is -2.15. The van der Waals surface area contributed by atoms with Crippen LogP contribution in [0.1, 0.15) is 32.6 Å². The Bertz CT molecular complexity index is 760. The Labute approximate surface area is 152 Å². The highest BCUT2D eigenvalue weighted by atomic mass is 32.1. The monoisotopic (exact) mass is 360 g/mol. The van der Waals surface area contributed by atoms with Gasteiger partial charge in [-0.25, -0.2) is 0 Å². The van der Waals surface area contributed by atoms with Gasteiger partial charge in [0.05, 0.1) is 6.61 Å². The molecule has 2 heterocycles. The smallest absolute Gasteiger partial charge is 0.224 e. The van der Waals surface area contributed by atoms with Crippen molar-refractivity contribution in [2.75, 3.05) is 19.7 Å². The van der Waals surface area contributed by atoms with Gasteiger partial charge in [-0.15, -0.1) is 0 Å². The number of hydrogen-bond acceptors (Lipinski definition) is 4. The first-order chi connectivity index (χ1) is 12.2. The molecule has 0 unspecified atom stereocenters. The molecule has 1 fully saturated rings. The van der Waals surface area contributed by atoms with Gasteiger partial charge in [0.1, 0.15) is 5.75 Å². The number of benzene rings is 1. The van der Waals surface area contributed by atoms with Crippen LogP contribution < -0.4 is 4.74 Å². The molecule has 3 rings (SSSR count). The Morgan fingerprint density at radius 3 is 2.64 bits per heavy atom. The van der Waals surface area contributed by atoms with Crippen molar-refractivity contribution in [2.24, 2.45) is 0 Å². The number of nitrogens with one attached hydrogen (secondary N) is 1. The number of H-pyrrole nitrogens is 1. The molecule has 1 aliphatic heterocycles. The maximum absolute atomic E-state index is 12.4. The molecule has 0 atom stereocenters. The zero-order valence-electron chi connectivity index (χ0n) is 14.5. The molecule has 1 aliphatic rings. The van der Waals surface area contributed by atoms with Gasteiger partial charge in [-0.3, -0.25) is 14.5 Å². The number of aromatic nitrogens is 3. The molecule has 0 bridgehead atoms. The van der Waals surface area contributed by atoms with E-state index in [1.165, 1.54) is 6.42 Å². The van der Waals surface area contributed by atoms with Crippen LogP contribution in [0.3, 0.4) is 0 Å². The summed E-state index contributed by atoms with van der Waals surface area (Å²) in [4.78, 5) is 14.4. The summed E-state index contributed by atoms with van der Waals surface area (Å²) in [5, 5.41) is 7.17. The maximum Gasteiger partial charge on any atom is 0.224 e. The number of carbonyl (C=O) groups excluding carboxylic acids is 1. The molecule has 1 aromatic heterocycles. The lowest BCUT2D eigenvalue weighted by Gasteiger charge is -2.26. The number of nitrogens with zero attached hydrogens (tertiary/aromatic N) is 3. The van der Waals surface area contributed by atoms with E-state index < -0.39 is 0 Å². The lowest BCUT2D eigenvalue weighted by Crippen LogP contribution is -2.36. The molecule has 7 heteroatoms. The summed E-state index contributed by atoms with van der Waals surface area (Å²) in [6, 6.07) is 7.75. The minimum atomic E-state index is 0.195. The summed E-state index contributed by atoms with van der Waals surface area (Å²) in [6.07, 6.45) is 3.87. The van der Waals surface area contributed by atoms with Gasteiger partial charge in [-0.05, 0) is 62.7 Å². The van der Waals surface area contributed by atoms with Crippen LogP contribution in [0.25, 0.3) is 11.4 Å². The van der Waals surface area contributed by atoms with E-state index >= 15 is 0 Å². The summed E-state index contributed by atoms with van der Waals surface area (Å²) >= 11 is 5.34. The SMILES string of the molecule is CCOc1ccc(-c2n[nH]c(=S)n2CCC(=O)N2CCCCC2)cc1. The van der Waals surface area contributed by atoms with Gasteiger partial charge in [0.25, 0.3) is 0 Å². The first kappa shape index (κ1) is 17.7. The van der Waals surface area contributed by atoms with Crippen LogP contribution >= 0.6 is 12.2 Å². The molecule has 1 amide bonds. The fourth-order valence-corrected chi connectivity index (χ4v) is 3.34. The Morgan fingerprint density at radius 2 is 1.96 bits per heavy atom. The van der Waals surface area contributed by atoms with Crippen molar-refractivity contribution >= 4 is 18.1 Å². The molecule has 0 saturated carbocycles. The van der Waals surface area contributed by atoms with Gasteiger partial charge in [0.15, 0.2) is 10.6 Å². The quantitative estimate of drug-likeness (QED) is 0.802. The fraction of sp³-hybridized carbons (Fsp3) is 0.500. The van der Waals surface area contributed by atoms with Crippen LogP contribution in [0.5, 0.6) is 5.75 Å². The van der Waals surface area contributed by atoms with Crippen LogP contribution in [-0.4, -0.2) is 45.3 Å². The van der Waals surface area contributed by atoms with Crippen LogP contribution in [0.4, 0.5) is 0 Å². The van der Waals surface area contributed by atoms with Crippen molar-refractivity contribution in [3.05, 3.63) is 29.0 Å². The lowest BCUT2D eigenvalue weighted by atomic mass is 10.1. The molecule has 25 heavy (non-hydrogen) atoms. The highest BCUT2D eigenvalue weighted by Gasteiger charge is 2.17. The Balaban J connectivity index is 1.70. The highest BCUT2D eigenvalue weighted by Crippen LogP contribution is 2.21. The third-order valence-corrected chi connectivity index (χ3v) is 4.75. The predicted molar refractivity (Wildman–Crippen MR) is 99.1 cm³/mol. The van der Waals surface area contributed by atoms with Gasteiger partial charge in [0, 0.05) is 31.6 Å². The second-order valence-electron chi connectivity index (χ2n) is 6.15. The second-order valence-corrected chi connectivity index (χ2v) is 6.54. The number of piperidine rings is 1. The van der Waals surface area contributed by atoms with Crippen molar-refractivity contribution in [1.82, 2.24) is 19.7 Å². The number of ether oxygens (including phenoxy) is 1. The molecular formula is C18H24N4O2S. The Kier molecular flexibility index (Phi) is 5.86. The summed E-state index contributed by atoms with van der Waals surface area (Å²) in [5.74, 6) is 1.77. The van der Waals surface area contributed by atoms with Crippen molar-refractivity contribution in [1.29, 1.82) is 0 Å². The predicted octanol–water partition coefficient (Wildman–Crippen LogP) is 3.41. The molecule has 2 aromatic rings. The van der Waals surface area contributed by atoms with Gasteiger partial charge >= 0.3 is 0 Å². The molecule has 0 spiro atoms. The molecule has 1 N–H and O–H groups in total. The number of carbonyl (C=O) groups is 1. The molecule has 6 nitrogen and oxygen atoms in total. The third-order valence-electron chi connectivity index (χ3n) is 4.44. The van der Waals surface area contributed by atoms with E-state index in [9.17, 15) is 4.79 Å². The van der Waals surface area contributed by atoms with Gasteiger partial charge in [-0.2, -0.15) is 5.10 Å². The zero-order chi connectivity index (χ0) is 17.6.